The predicted octanol–water partition coefficient (Wildman–Crippen LogP) is 4.23. The van der Waals surface area contributed by atoms with Gasteiger partial charge in [-0.1, -0.05) is 22.9 Å². The quantitative estimate of drug-likeness (QED) is 0.917. The maximum atomic E-state index is 5.76. The average Bonchev–Trinajstić information content (AvgIpc) is 2.72. The molecule has 1 N–H and O–H groups in total. The monoisotopic (exact) mass is 308 g/mol. The number of hydrogen-bond donors (Lipinski definition) is 1. The molecule has 2 rings (SSSR count). The summed E-state index contributed by atoms with van der Waals surface area (Å²) < 4.78 is 1.85. The van der Waals surface area contributed by atoms with E-state index in [-0.39, 0.29) is 0 Å². The Morgan fingerprint density at radius 2 is 2.43 bits per heavy atom. The summed E-state index contributed by atoms with van der Waals surface area (Å²) in [6.07, 6.45) is 1.65. The maximum absolute atomic E-state index is 5.76. The first-order valence-corrected chi connectivity index (χ1v) is 6.69. The molecule has 0 saturated carbocycles. The fraction of sp³-hybridized carbons (Fsp3) is 0.125. The van der Waals surface area contributed by atoms with E-state index < -0.39 is 0 Å². The molecule has 0 unspecified atom stereocenters. The van der Waals surface area contributed by atoms with E-state index in [1.807, 2.05) is 0 Å². The second kappa shape index (κ2) is 4.61. The van der Waals surface area contributed by atoms with Crippen LogP contribution in [0.5, 0.6) is 0 Å². The Bertz CT molecular complexity index is 386. The van der Waals surface area contributed by atoms with E-state index in [0.717, 1.165) is 15.5 Å². The molecule has 0 radical (unpaired) electrons. The Hall–Kier alpha value is -0.100. The minimum absolute atomic E-state index is 0.707. The number of thiophene rings is 1. The van der Waals surface area contributed by atoms with Gasteiger partial charge in [-0.25, -0.2) is 4.98 Å². The van der Waals surface area contributed by atoms with E-state index in [1.165, 1.54) is 16.9 Å². The highest BCUT2D eigenvalue weighted by Crippen LogP contribution is 2.24. The number of aromatic nitrogens is 1. The van der Waals surface area contributed by atoms with Crippen LogP contribution >= 0.6 is 50.2 Å². The summed E-state index contributed by atoms with van der Waals surface area (Å²) in [6, 6.07) is 2.09. The van der Waals surface area contributed by atoms with Crippen LogP contribution in [0.3, 0.4) is 0 Å². The molecular weight excluding hydrogens is 304 g/mol. The molecule has 0 fully saturated rings. The smallest absolute Gasteiger partial charge is 0.184 e. The lowest BCUT2D eigenvalue weighted by atomic mass is 10.3. The highest BCUT2D eigenvalue weighted by Gasteiger charge is 2.00. The molecule has 74 valence electrons. The first kappa shape index (κ1) is 10.4. The Morgan fingerprint density at radius 1 is 1.57 bits per heavy atom. The summed E-state index contributed by atoms with van der Waals surface area (Å²) in [5.41, 5.74) is 1.24. The highest BCUT2D eigenvalue weighted by atomic mass is 79.9. The molecular formula is C8H6BrClN2S2. The average molecular weight is 310 g/mol. The maximum Gasteiger partial charge on any atom is 0.184 e. The zero-order valence-corrected chi connectivity index (χ0v) is 10.9. The molecule has 0 saturated heterocycles. The van der Waals surface area contributed by atoms with Gasteiger partial charge in [0.05, 0.1) is 9.98 Å². The second-order valence-electron chi connectivity index (χ2n) is 2.58. The molecule has 2 heterocycles. The Kier molecular flexibility index (Phi) is 3.43. The van der Waals surface area contributed by atoms with Crippen LogP contribution in [-0.2, 0) is 6.54 Å². The van der Waals surface area contributed by atoms with Gasteiger partial charge < -0.3 is 5.32 Å². The van der Waals surface area contributed by atoms with Crippen LogP contribution in [-0.4, -0.2) is 4.98 Å². The molecule has 0 atom stereocenters. The van der Waals surface area contributed by atoms with Crippen LogP contribution in [0, 0.1) is 0 Å². The van der Waals surface area contributed by atoms with Gasteiger partial charge in [0, 0.05) is 6.54 Å². The lowest BCUT2D eigenvalue weighted by Crippen LogP contribution is -1.96. The predicted molar refractivity (Wildman–Crippen MR) is 66.5 cm³/mol. The van der Waals surface area contributed by atoms with Gasteiger partial charge in [-0.05, 0) is 32.9 Å². The van der Waals surface area contributed by atoms with Crippen LogP contribution < -0.4 is 5.32 Å². The Balaban J connectivity index is 1.94. The van der Waals surface area contributed by atoms with E-state index in [4.69, 9.17) is 11.6 Å². The third-order valence-corrected chi connectivity index (χ3v) is 4.17. The van der Waals surface area contributed by atoms with Gasteiger partial charge in [0.15, 0.2) is 5.13 Å². The number of thiazole rings is 1. The first-order valence-electron chi connectivity index (χ1n) is 3.82. The second-order valence-corrected chi connectivity index (χ2v) is 6.53. The molecule has 2 aromatic heterocycles. The van der Waals surface area contributed by atoms with Crippen molar-refractivity contribution in [2.24, 2.45) is 0 Å². The first-order chi connectivity index (χ1) is 6.74. The third-order valence-electron chi connectivity index (χ3n) is 1.54. The lowest BCUT2D eigenvalue weighted by Gasteiger charge is -1.98. The zero-order chi connectivity index (χ0) is 9.97. The van der Waals surface area contributed by atoms with Crippen molar-refractivity contribution in [1.82, 2.24) is 4.98 Å². The van der Waals surface area contributed by atoms with Crippen LogP contribution in [0.25, 0.3) is 0 Å². The standard InChI is InChI=1S/C8H6BrClN2S2/c9-6-1-5(4-13-6)2-11-8-12-3-7(10)14-8/h1,3-4H,2H2,(H,11,12). The summed E-state index contributed by atoms with van der Waals surface area (Å²) in [7, 11) is 0. The van der Waals surface area contributed by atoms with Crippen molar-refractivity contribution in [3.8, 4) is 0 Å². The number of halogens is 2. The topological polar surface area (TPSA) is 24.9 Å². The zero-order valence-electron chi connectivity index (χ0n) is 6.96. The number of anilines is 1. The summed E-state index contributed by atoms with van der Waals surface area (Å²) in [5.74, 6) is 0. The molecule has 0 bridgehead atoms. The minimum Gasteiger partial charge on any atom is -0.357 e. The molecule has 0 aliphatic heterocycles. The van der Waals surface area contributed by atoms with Crippen molar-refractivity contribution in [1.29, 1.82) is 0 Å². The molecule has 0 amide bonds. The van der Waals surface area contributed by atoms with E-state index in [9.17, 15) is 0 Å². The van der Waals surface area contributed by atoms with Crippen molar-refractivity contribution in [2.45, 2.75) is 6.54 Å². The Morgan fingerprint density at radius 3 is 3.00 bits per heavy atom. The largest absolute Gasteiger partial charge is 0.357 e. The SMILES string of the molecule is Clc1cnc(NCc2csc(Br)c2)s1. The van der Waals surface area contributed by atoms with Crippen molar-refractivity contribution < 1.29 is 0 Å². The number of rotatable bonds is 3. The van der Waals surface area contributed by atoms with Crippen molar-refractivity contribution in [3.63, 3.8) is 0 Å². The van der Waals surface area contributed by atoms with Gasteiger partial charge in [0.1, 0.15) is 4.34 Å². The lowest BCUT2D eigenvalue weighted by molar-refractivity contribution is 1.15. The van der Waals surface area contributed by atoms with Crippen LogP contribution in [0.1, 0.15) is 5.56 Å². The van der Waals surface area contributed by atoms with Gasteiger partial charge in [-0.2, -0.15) is 0 Å². The van der Waals surface area contributed by atoms with Gasteiger partial charge in [0.2, 0.25) is 0 Å². The van der Waals surface area contributed by atoms with Crippen LogP contribution in [0.2, 0.25) is 4.34 Å². The number of nitrogens with one attached hydrogen (secondary N) is 1. The summed E-state index contributed by atoms with van der Waals surface area (Å²) in [6.45, 7) is 0.784. The van der Waals surface area contributed by atoms with Crippen molar-refractivity contribution in [3.05, 3.63) is 31.3 Å². The molecule has 0 aromatic carbocycles. The summed E-state index contributed by atoms with van der Waals surface area (Å²) in [5, 5.41) is 6.17. The van der Waals surface area contributed by atoms with Crippen molar-refractivity contribution >= 4 is 55.3 Å². The van der Waals surface area contributed by atoms with Gasteiger partial charge in [-0.15, -0.1) is 11.3 Å². The molecule has 0 spiro atoms. The van der Waals surface area contributed by atoms with Gasteiger partial charge >= 0.3 is 0 Å². The Labute approximate surface area is 103 Å². The fourth-order valence-electron chi connectivity index (χ4n) is 0.952. The van der Waals surface area contributed by atoms with Crippen LogP contribution in [0.15, 0.2) is 21.4 Å². The van der Waals surface area contributed by atoms with E-state index in [1.54, 1.807) is 17.5 Å². The van der Waals surface area contributed by atoms with E-state index in [2.05, 4.69) is 37.7 Å². The normalized spacial score (nSPS) is 10.4. The van der Waals surface area contributed by atoms with Gasteiger partial charge in [-0.3, -0.25) is 0 Å². The molecule has 14 heavy (non-hydrogen) atoms. The number of nitrogens with zero attached hydrogens (tertiary/aromatic N) is 1. The summed E-state index contributed by atoms with van der Waals surface area (Å²) >= 11 is 12.3. The van der Waals surface area contributed by atoms with E-state index in [0.29, 0.717) is 4.34 Å². The third kappa shape index (κ3) is 2.70. The molecule has 6 heteroatoms. The summed E-state index contributed by atoms with van der Waals surface area (Å²) in [4.78, 5) is 4.10. The number of hydrogen-bond acceptors (Lipinski definition) is 4. The van der Waals surface area contributed by atoms with E-state index >= 15 is 0 Å². The molecule has 2 nitrogen and oxygen atoms in total. The highest BCUT2D eigenvalue weighted by molar-refractivity contribution is 9.11. The van der Waals surface area contributed by atoms with Crippen molar-refractivity contribution in [2.75, 3.05) is 5.32 Å². The van der Waals surface area contributed by atoms with Crippen LogP contribution in [0.4, 0.5) is 5.13 Å². The van der Waals surface area contributed by atoms with Gasteiger partial charge in [0.25, 0.3) is 0 Å². The minimum atomic E-state index is 0.707. The fourth-order valence-corrected chi connectivity index (χ4v) is 2.97. The molecule has 0 aliphatic rings. The molecule has 2 aromatic rings. The molecule has 0 aliphatic carbocycles.